The van der Waals surface area contributed by atoms with Crippen LogP contribution in [0.3, 0.4) is 0 Å². The molecule has 0 spiro atoms. The van der Waals surface area contributed by atoms with E-state index in [9.17, 15) is 16.8 Å². The number of nitrogens with two attached hydrogens (primary N) is 1. The summed E-state index contributed by atoms with van der Waals surface area (Å²) in [5.41, 5.74) is 0.638. The molecule has 1 aromatic carbocycles. The number of sulfone groups is 1. The van der Waals surface area contributed by atoms with Crippen LogP contribution in [0.1, 0.15) is 0 Å². The third kappa shape index (κ3) is 5.21. The first-order valence-corrected chi connectivity index (χ1v) is 9.00. The molecule has 0 aliphatic heterocycles. The van der Waals surface area contributed by atoms with E-state index in [0.29, 0.717) is 5.69 Å². The van der Waals surface area contributed by atoms with Crippen molar-refractivity contribution in [3.05, 3.63) is 24.3 Å². The Morgan fingerprint density at radius 2 is 1.68 bits per heavy atom. The number of anilines is 1. The molecule has 104 valence electrons. The van der Waals surface area contributed by atoms with E-state index in [-0.39, 0.29) is 23.6 Å². The van der Waals surface area contributed by atoms with E-state index < -0.39 is 19.9 Å². The van der Waals surface area contributed by atoms with Crippen molar-refractivity contribution in [2.24, 2.45) is 5.14 Å². The first-order valence-electron chi connectivity index (χ1n) is 5.39. The van der Waals surface area contributed by atoms with Crippen molar-refractivity contribution in [1.29, 1.82) is 0 Å². The van der Waals surface area contributed by atoms with Crippen molar-refractivity contribution in [2.45, 2.75) is 4.90 Å². The van der Waals surface area contributed by atoms with Gasteiger partial charge in [-0.2, -0.15) is 0 Å². The SMILES string of the molecule is [B]CN(CCS(C)(=O)=O)c1ccc(S(N)(=O)=O)cc1. The second kappa shape index (κ2) is 5.93. The number of hydrogen-bond donors (Lipinski definition) is 1. The summed E-state index contributed by atoms with van der Waals surface area (Å²) >= 11 is 0. The normalized spacial score (nSPS) is 12.3. The molecule has 2 radical (unpaired) electrons. The minimum absolute atomic E-state index is 0.00339. The van der Waals surface area contributed by atoms with Gasteiger partial charge >= 0.3 is 0 Å². The van der Waals surface area contributed by atoms with E-state index in [4.69, 9.17) is 13.0 Å². The van der Waals surface area contributed by atoms with Gasteiger partial charge in [0, 0.05) is 18.5 Å². The largest absolute Gasteiger partial charge is 0.379 e. The molecule has 2 N–H and O–H groups in total. The smallest absolute Gasteiger partial charge is 0.238 e. The highest BCUT2D eigenvalue weighted by atomic mass is 32.2. The van der Waals surface area contributed by atoms with Gasteiger partial charge in [-0.05, 0) is 30.7 Å². The zero-order valence-electron chi connectivity index (χ0n) is 10.5. The zero-order valence-corrected chi connectivity index (χ0v) is 12.1. The van der Waals surface area contributed by atoms with E-state index in [1.165, 1.54) is 24.3 Å². The maximum Gasteiger partial charge on any atom is 0.238 e. The highest BCUT2D eigenvalue weighted by Gasteiger charge is 2.11. The minimum atomic E-state index is -3.73. The summed E-state index contributed by atoms with van der Waals surface area (Å²) < 4.78 is 44.4. The molecule has 19 heavy (non-hydrogen) atoms. The number of nitrogens with zero attached hydrogens (tertiary/aromatic N) is 1. The average molecular weight is 302 g/mol. The van der Waals surface area contributed by atoms with E-state index >= 15 is 0 Å². The minimum Gasteiger partial charge on any atom is -0.379 e. The first-order chi connectivity index (χ1) is 8.63. The van der Waals surface area contributed by atoms with Crippen LogP contribution in [-0.2, 0) is 19.9 Å². The van der Waals surface area contributed by atoms with Crippen molar-refractivity contribution in [2.75, 3.05) is 29.9 Å². The molecule has 1 rings (SSSR count). The topological polar surface area (TPSA) is 97.5 Å². The highest BCUT2D eigenvalue weighted by molar-refractivity contribution is 7.90. The molecule has 0 aliphatic rings. The van der Waals surface area contributed by atoms with Gasteiger partial charge in [0.05, 0.1) is 18.5 Å². The average Bonchev–Trinajstić information content (AvgIpc) is 2.28. The maximum atomic E-state index is 11.1. The fourth-order valence-electron chi connectivity index (χ4n) is 1.45. The lowest BCUT2D eigenvalue weighted by molar-refractivity contribution is 0.597. The van der Waals surface area contributed by atoms with Crippen LogP contribution in [0.15, 0.2) is 29.2 Å². The molecular weight excluding hydrogens is 287 g/mol. The van der Waals surface area contributed by atoms with Crippen molar-refractivity contribution in [3.8, 4) is 0 Å². The lowest BCUT2D eigenvalue weighted by Crippen LogP contribution is -2.30. The second-order valence-electron chi connectivity index (χ2n) is 4.11. The molecule has 0 atom stereocenters. The van der Waals surface area contributed by atoms with Crippen LogP contribution in [-0.4, -0.2) is 49.7 Å². The Morgan fingerprint density at radius 1 is 1.16 bits per heavy atom. The molecule has 0 aromatic heterocycles. The third-order valence-electron chi connectivity index (χ3n) is 2.48. The lowest BCUT2D eigenvalue weighted by atomic mass is 10.1. The number of primary sulfonamides is 1. The number of rotatable bonds is 6. The van der Waals surface area contributed by atoms with Crippen LogP contribution in [0.4, 0.5) is 5.69 Å². The second-order valence-corrected chi connectivity index (χ2v) is 7.94. The van der Waals surface area contributed by atoms with Gasteiger partial charge in [-0.1, -0.05) is 0 Å². The van der Waals surface area contributed by atoms with E-state index in [0.717, 1.165) is 6.26 Å². The predicted octanol–water partition coefficient (Wildman–Crippen LogP) is -0.689. The van der Waals surface area contributed by atoms with Gasteiger partial charge in [0.25, 0.3) is 0 Å². The molecule has 0 bridgehead atoms. The molecule has 0 amide bonds. The molecule has 0 heterocycles. The summed E-state index contributed by atoms with van der Waals surface area (Å²) in [5.74, 6) is -0.0266. The quantitative estimate of drug-likeness (QED) is 0.702. The molecular formula is C10H15BN2O4S2. The summed E-state index contributed by atoms with van der Waals surface area (Å²) in [4.78, 5) is 1.63. The number of hydrogen-bond acceptors (Lipinski definition) is 5. The van der Waals surface area contributed by atoms with Gasteiger partial charge in [-0.3, -0.25) is 0 Å². The summed E-state index contributed by atoms with van der Waals surface area (Å²) in [5, 5.41) is 4.99. The Labute approximate surface area is 115 Å². The van der Waals surface area contributed by atoms with Crippen LogP contribution in [0.25, 0.3) is 0 Å². The maximum absolute atomic E-state index is 11.1. The first kappa shape index (κ1) is 16.0. The third-order valence-corrected chi connectivity index (χ3v) is 4.34. The molecule has 0 aliphatic carbocycles. The standard InChI is InChI=1S/C10H15BN2O4S2/c1-18(14,15)7-6-13(8-11)9-2-4-10(5-3-9)19(12,16)17/h2-5H,6-8H2,1H3,(H2,12,16,17). The molecule has 6 nitrogen and oxygen atoms in total. The Bertz CT molecular complexity index is 626. The monoisotopic (exact) mass is 302 g/mol. The fraction of sp³-hybridized carbons (Fsp3) is 0.400. The van der Waals surface area contributed by atoms with Crippen LogP contribution in [0, 0.1) is 0 Å². The predicted molar refractivity (Wildman–Crippen MR) is 75.5 cm³/mol. The van der Waals surface area contributed by atoms with Crippen molar-refractivity contribution >= 4 is 33.4 Å². The van der Waals surface area contributed by atoms with Crippen LogP contribution in [0.2, 0.25) is 0 Å². The van der Waals surface area contributed by atoms with Gasteiger partial charge in [-0.15, -0.1) is 0 Å². The molecule has 0 saturated carbocycles. The van der Waals surface area contributed by atoms with Crippen molar-refractivity contribution in [3.63, 3.8) is 0 Å². The molecule has 0 fully saturated rings. The number of sulfonamides is 1. The van der Waals surface area contributed by atoms with Gasteiger partial charge in [0.15, 0.2) is 0 Å². The van der Waals surface area contributed by atoms with Gasteiger partial charge in [0.1, 0.15) is 9.84 Å². The molecule has 0 unspecified atom stereocenters. The lowest BCUT2D eigenvalue weighted by Gasteiger charge is -2.23. The Morgan fingerprint density at radius 3 is 2.05 bits per heavy atom. The fourth-order valence-corrected chi connectivity index (χ4v) is 2.52. The van der Waals surface area contributed by atoms with Crippen LogP contribution < -0.4 is 10.0 Å². The van der Waals surface area contributed by atoms with Crippen molar-refractivity contribution < 1.29 is 16.8 Å². The zero-order chi connectivity index (χ0) is 14.7. The summed E-state index contributed by atoms with van der Waals surface area (Å²) in [6.07, 6.45) is 1.27. The summed E-state index contributed by atoms with van der Waals surface area (Å²) in [7, 11) is -1.27. The molecule has 9 heteroatoms. The van der Waals surface area contributed by atoms with Gasteiger partial charge in [-0.25, -0.2) is 22.0 Å². The molecule has 1 aromatic rings. The van der Waals surface area contributed by atoms with E-state index in [1.807, 2.05) is 0 Å². The van der Waals surface area contributed by atoms with Gasteiger partial charge < -0.3 is 4.90 Å². The van der Waals surface area contributed by atoms with Crippen LogP contribution >= 0.6 is 0 Å². The van der Waals surface area contributed by atoms with Gasteiger partial charge in [0.2, 0.25) is 10.0 Å². The van der Waals surface area contributed by atoms with E-state index in [2.05, 4.69) is 0 Å². The van der Waals surface area contributed by atoms with Crippen LogP contribution in [0.5, 0.6) is 0 Å². The number of benzene rings is 1. The summed E-state index contributed by atoms with van der Waals surface area (Å²) in [6.45, 7) is 0.240. The Hall–Kier alpha value is -1.06. The van der Waals surface area contributed by atoms with Crippen molar-refractivity contribution in [1.82, 2.24) is 0 Å². The molecule has 0 saturated heterocycles. The Kier molecular flexibility index (Phi) is 5.00. The Balaban J connectivity index is 2.89. The highest BCUT2D eigenvalue weighted by Crippen LogP contribution is 2.16. The summed E-state index contributed by atoms with van der Waals surface area (Å²) in [6, 6.07) is 5.78. The van der Waals surface area contributed by atoms with E-state index in [1.54, 1.807) is 4.90 Å².